The molecule has 3 aliphatic carbocycles. The van der Waals surface area contributed by atoms with Crippen LogP contribution >= 0.6 is 0 Å². The van der Waals surface area contributed by atoms with E-state index in [4.69, 9.17) is 0 Å². The maximum atomic E-state index is 11.9. The molecule has 0 spiro atoms. The Balaban J connectivity index is 1.59. The third kappa shape index (κ3) is 2.83. The van der Waals surface area contributed by atoms with E-state index in [9.17, 15) is 15.0 Å². The van der Waals surface area contributed by atoms with Crippen molar-refractivity contribution >= 4 is 5.78 Å². The molecule has 0 bridgehead atoms. The van der Waals surface area contributed by atoms with Crippen molar-refractivity contribution in [3.05, 3.63) is 12.2 Å². The SMILES string of the molecule is C[C@@]12CC[C@H](O)[C@@H](/C=C/[C@H](O)CC3CCCC3)[C@@H]1CC2=O. The fourth-order valence-electron chi connectivity index (χ4n) is 4.71. The van der Waals surface area contributed by atoms with Gasteiger partial charge in [-0.3, -0.25) is 4.79 Å². The fraction of sp³-hybridized carbons (Fsp3) is 0.833. The zero-order chi connectivity index (χ0) is 15.0. The van der Waals surface area contributed by atoms with Crippen LogP contribution in [0, 0.1) is 23.2 Å². The number of carbonyl (C=O) groups is 1. The number of ketones is 1. The Hall–Kier alpha value is -0.670. The van der Waals surface area contributed by atoms with Crippen LogP contribution in [-0.4, -0.2) is 28.2 Å². The highest BCUT2D eigenvalue weighted by molar-refractivity contribution is 5.91. The number of rotatable bonds is 4. The molecule has 3 saturated carbocycles. The molecule has 3 nitrogen and oxygen atoms in total. The van der Waals surface area contributed by atoms with Crippen molar-refractivity contribution in [1.29, 1.82) is 0 Å². The first-order valence-corrected chi connectivity index (χ1v) is 8.58. The van der Waals surface area contributed by atoms with Crippen molar-refractivity contribution in [3.8, 4) is 0 Å². The van der Waals surface area contributed by atoms with Crippen LogP contribution in [0.1, 0.15) is 58.3 Å². The first-order chi connectivity index (χ1) is 10.0. The third-order valence-electron chi connectivity index (χ3n) is 6.33. The standard InChI is InChI=1S/C18H28O3/c1-18-9-8-16(20)14(15(18)11-17(18)21)7-6-13(19)10-12-4-2-3-5-12/h6-7,12-16,19-20H,2-5,8-11H2,1H3/b7-6+/t13-,14-,15-,16-,18+/m0/s1. The zero-order valence-electron chi connectivity index (χ0n) is 13.0. The van der Waals surface area contributed by atoms with Gasteiger partial charge in [-0.1, -0.05) is 44.8 Å². The van der Waals surface area contributed by atoms with Gasteiger partial charge in [0.2, 0.25) is 0 Å². The topological polar surface area (TPSA) is 57.5 Å². The predicted octanol–water partition coefficient (Wildman–Crippen LogP) is 2.85. The van der Waals surface area contributed by atoms with Gasteiger partial charge in [0.05, 0.1) is 12.2 Å². The van der Waals surface area contributed by atoms with Crippen LogP contribution in [0.3, 0.4) is 0 Å². The van der Waals surface area contributed by atoms with Crippen LogP contribution < -0.4 is 0 Å². The van der Waals surface area contributed by atoms with E-state index in [1.165, 1.54) is 25.7 Å². The molecule has 3 aliphatic rings. The highest BCUT2D eigenvalue weighted by Gasteiger charge is 2.57. The molecule has 0 amide bonds. The number of fused-ring (bicyclic) bond motifs is 1. The predicted molar refractivity (Wildman–Crippen MR) is 81.7 cm³/mol. The van der Waals surface area contributed by atoms with E-state index < -0.39 is 6.10 Å². The number of hydrogen-bond acceptors (Lipinski definition) is 3. The molecule has 0 radical (unpaired) electrons. The largest absolute Gasteiger partial charge is 0.393 e. The molecule has 0 aromatic rings. The molecule has 0 unspecified atom stereocenters. The summed E-state index contributed by atoms with van der Waals surface area (Å²) in [5, 5.41) is 20.4. The highest BCUT2D eigenvalue weighted by Crippen LogP contribution is 2.55. The summed E-state index contributed by atoms with van der Waals surface area (Å²) in [7, 11) is 0. The molecule has 21 heavy (non-hydrogen) atoms. The Morgan fingerprint density at radius 2 is 2.05 bits per heavy atom. The number of Topliss-reactive ketones (excluding diaryl/α,β-unsaturated/α-hetero) is 1. The lowest BCUT2D eigenvalue weighted by Crippen LogP contribution is -2.56. The first-order valence-electron chi connectivity index (χ1n) is 8.58. The van der Waals surface area contributed by atoms with Crippen molar-refractivity contribution in [2.75, 3.05) is 0 Å². The molecule has 0 aromatic carbocycles. The van der Waals surface area contributed by atoms with Gasteiger partial charge in [0.1, 0.15) is 5.78 Å². The minimum Gasteiger partial charge on any atom is -0.393 e. The van der Waals surface area contributed by atoms with Crippen LogP contribution in [0.15, 0.2) is 12.2 Å². The van der Waals surface area contributed by atoms with Crippen LogP contribution in [-0.2, 0) is 4.79 Å². The van der Waals surface area contributed by atoms with Gasteiger partial charge in [-0.25, -0.2) is 0 Å². The molecular weight excluding hydrogens is 264 g/mol. The number of aliphatic hydroxyl groups excluding tert-OH is 2. The molecule has 2 N–H and O–H groups in total. The van der Waals surface area contributed by atoms with E-state index in [2.05, 4.69) is 0 Å². The summed E-state index contributed by atoms with van der Waals surface area (Å²) in [5.74, 6) is 1.32. The van der Waals surface area contributed by atoms with E-state index in [-0.39, 0.29) is 23.4 Å². The maximum Gasteiger partial charge on any atom is 0.139 e. The van der Waals surface area contributed by atoms with Crippen molar-refractivity contribution in [2.45, 2.75) is 70.5 Å². The monoisotopic (exact) mass is 292 g/mol. The minimum atomic E-state index is -0.399. The smallest absolute Gasteiger partial charge is 0.139 e. The van der Waals surface area contributed by atoms with E-state index in [0.717, 1.165) is 12.8 Å². The lowest BCUT2D eigenvalue weighted by atomic mass is 9.50. The fourth-order valence-corrected chi connectivity index (χ4v) is 4.71. The highest BCUT2D eigenvalue weighted by atomic mass is 16.3. The second-order valence-electron chi connectivity index (χ2n) is 7.67. The van der Waals surface area contributed by atoms with E-state index in [1.54, 1.807) is 0 Å². The molecule has 118 valence electrons. The number of carbonyl (C=O) groups excluding carboxylic acids is 1. The second kappa shape index (κ2) is 5.85. The molecule has 0 saturated heterocycles. The van der Waals surface area contributed by atoms with Crippen LogP contribution in [0.2, 0.25) is 0 Å². The summed E-state index contributed by atoms with van der Waals surface area (Å²) >= 11 is 0. The Labute approximate surface area is 127 Å². The van der Waals surface area contributed by atoms with Gasteiger partial charge in [-0.2, -0.15) is 0 Å². The van der Waals surface area contributed by atoms with Crippen LogP contribution in [0.25, 0.3) is 0 Å². The lowest BCUT2D eigenvalue weighted by molar-refractivity contribution is -0.157. The average molecular weight is 292 g/mol. The van der Waals surface area contributed by atoms with Gasteiger partial charge in [0.25, 0.3) is 0 Å². The Bertz CT molecular complexity index is 424. The molecule has 0 heterocycles. The Morgan fingerprint density at radius 3 is 2.71 bits per heavy atom. The summed E-state index contributed by atoms with van der Waals surface area (Å²) < 4.78 is 0. The lowest BCUT2D eigenvalue weighted by Gasteiger charge is -2.53. The van der Waals surface area contributed by atoms with Crippen LogP contribution in [0.5, 0.6) is 0 Å². The molecule has 5 atom stereocenters. The van der Waals surface area contributed by atoms with Gasteiger partial charge in [-0.15, -0.1) is 0 Å². The summed E-state index contributed by atoms with van der Waals surface area (Å²) in [6, 6.07) is 0. The van der Waals surface area contributed by atoms with E-state index >= 15 is 0 Å². The first kappa shape index (κ1) is 15.2. The van der Waals surface area contributed by atoms with Gasteiger partial charge in [0.15, 0.2) is 0 Å². The molecule has 3 fully saturated rings. The van der Waals surface area contributed by atoms with E-state index in [1.807, 2.05) is 19.1 Å². The van der Waals surface area contributed by atoms with Gasteiger partial charge in [0, 0.05) is 17.8 Å². The van der Waals surface area contributed by atoms with Crippen molar-refractivity contribution < 1.29 is 15.0 Å². The summed E-state index contributed by atoms with van der Waals surface area (Å²) in [4.78, 5) is 11.9. The number of hydrogen-bond donors (Lipinski definition) is 2. The molecule has 3 rings (SSSR count). The molecule has 3 heteroatoms. The zero-order valence-corrected chi connectivity index (χ0v) is 13.0. The Morgan fingerprint density at radius 1 is 1.33 bits per heavy atom. The Kier molecular flexibility index (Phi) is 4.24. The summed E-state index contributed by atoms with van der Waals surface area (Å²) in [6.07, 6.45) is 11.2. The van der Waals surface area contributed by atoms with Crippen molar-refractivity contribution in [3.63, 3.8) is 0 Å². The average Bonchev–Trinajstić information content (AvgIpc) is 2.95. The van der Waals surface area contributed by atoms with Gasteiger partial charge >= 0.3 is 0 Å². The normalized spacial score (nSPS) is 42.0. The van der Waals surface area contributed by atoms with E-state index in [0.29, 0.717) is 24.5 Å². The quantitative estimate of drug-likeness (QED) is 0.783. The summed E-state index contributed by atoms with van der Waals surface area (Å²) in [5.41, 5.74) is -0.218. The molecular formula is C18H28O3. The second-order valence-corrected chi connectivity index (χ2v) is 7.67. The van der Waals surface area contributed by atoms with Gasteiger partial charge in [-0.05, 0) is 31.1 Å². The van der Waals surface area contributed by atoms with Gasteiger partial charge < -0.3 is 10.2 Å². The van der Waals surface area contributed by atoms with Crippen LogP contribution in [0.4, 0.5) is 0 Å². The molecule has 0 aromatic heterocycles. The minimum absolute atomic E-state index is 0.0414. The summed E-state index contributed by atoms with van der Waals surface area (Å²) in [6.45, 7) is 2.05. The molecule has 0 aliphatic heterocycles. The van der Waals surface area contributed by atoms with Crippen molar-refractivity contribution in [1.82, 2.24) is 0 Å². The maximum absolute atomic E-state index is 11.9. The number of aliphatic hydroxyl groups is 2. The third-order valence-corrected chi connectivity index (χ3v) is 6.33. The van der Waals surface area contributed by atoms with Crippen molar-refractivity contribution in [2.24, 2.45) is 23.2 Å².